The number of unbranched alkanes of at least 4 members (excludes halogenated alkanes) is 1. The minimum absolute atomic E-state index is 0.297. The van der Waals surface area contributed by atoms with E-state index in [1.807, 2.05) is 0 Å². The molecule has 1 fully saturated rings. The van der Waals surface area contributed by atoms with Crippen LogP contribution in [0.25, 0.3) is 0 Å². The molecule has 0 spiro atoms. The maximum Gasteiger partial charge on any atom is 0.422 e. The third-order valence-electron chi connectivity index (χ3n) is 4.85. The van der Waals surface area contributed by atoms with Gasteiger partial charge < -0.3 is 0 Å². The quantitative estimate of drug-likeness (QED) is 0.424. The summed E-state index contributed by atoms with van der Waals surface area (Å²) < 4.78 is 64.5. The zero-order valence-corrected chi connectivity index (χ0v) is 13.4. The lowest BCUT2D eigenvalue weighted by atomic mass is 9.80. The van der Waals surface area contributed by atoms with E-state index >= 15 is 0 Å². The molecule has 1 aliphatic carbocycles. The standard InChI is InChI=1S/C18H23F5/c1-12-6-8-13(9-7-12)4-2-3-5-14-10-15(19)17(16(20)11-14)18(21,22)23/h10-13H,2-9H2,1H3. The smallest absolute Gasteiger partial charge is 0.206 e. The summed E-state index contributed by atoms with van der Waals surface area (Å²) in [5.41, 5.74) is -1.50. The summed E-state index contributed by atoms with van der Waals surface area (Å²) in [6.45, 7) is 2.27. The lowest BCUT2D eigenvalue weighted by molar-refractivity contribution is -0.142. The molecule has 0 aliphatic heterocycles. The predicted molar refractivity (Wildman–Crippen MR) is 80.0 cm³/mol. The molecule has 0 saturated heterocycles. The highest BCUT2D eigenvalue weighted by Gasteiger charge is 2.37. The van der Waals surface area contributed by atoms with E-state index in [9.17, 15) is 22.0 Å². The lowest BCUT2D eigenvalue weighted by Gasteiger charge is -2.26. The van der Waals surface area contributed by atoms with Crippen molar-refractivity contribution in [1.29, 1.82) is 0 Å². The van der Waals surface area contributed by atoms with E-state index in [0.717, 1.165) is 43.2 Å². The normalized spacial score (nSPS) is 22.3. The molecule has 0 atom stereocenters. The monoisotopic (exact) mass is 334 g/mol. The van der Waals surface area contributed by atoms with Crippen LogP contribution in [-0.2, 0) is 12.6 Å². The summed E-state index contributed by atoms with van der Waals surface area (Å²) in [7, 11) is 0. The van der Waals surface area contributed by atoms with Gasteiger partial charge in [-0.25, -0.2) is 8.78 Å². The molecule has 1 aliphatic rings. The van der Waals surface area contributed by atoms with E-state index in [-0.39, 0.29) is 0 Å². The highest BCUT2D eigenvalue weighted by Crippen LogP contribution is 2.34. The van der Waals surface area contributed by atoms with Crippen molar-refractivity contribution >= 4 is 0 Å². The first-order chi connectivity index (χ1) is 10.8. The van der Waals surface area contributed by atoms with E-state index in [4.69, 9.17) is 0 Å². The molecular formula is C18H23F5. The van der Waals surface area contributed by atoms with E-state index in [2.05, 4.69) is 6.92 Å². The summed E-state index contributed by atoms with van der Waals surface area (Å²) in [4.78, 5) is 0. The fraction of sp³-hybridized carbons (Fsp3) is 0.667. The molecule has 0 aromatic heterocycles. The number of halogens is 5. The molecule has 0 nitrogen and oxygen atoms in total. The van der Waals surface area contributed by atoms with Crippen LogP contribution in [0.5, 0.6) is 0 Å². The third kappa shape index (κ3) is 5.18. The van der Waals surface area contributed by atoms with Gasteiger partial charge in [-0.15, -0.1) is 0 Å². The third-order valence-corrected chi connectivity index (χ3v) is 4.85. The topological polar surface area (TPSA) is 0 Å². The second-order valence-electron chi connectivity index (χ2n) is 6.80. The van der Waals surface area contributed by atoms with Gasteiger partial charge in [-0.2, -0.15) is 13.2 Å². The summed E-state index contributed by atoms with van der Waals surface area (Å²) in [5, 5.41) is 0. The molecule has 5 heteroatoms. The van der Waals surface area contributed by atoms with E-state index in [0.29, 0.717) is 12.0 Å². The Labute approximate surface area is 134 Å². The van der Waals surface area contributed by atoms with Crippen molar-refractivity contribution in [3.05, 3.63) is 34.9 Å². The van der Waals surface area contributed by atoms with Gasteiger partial charge in [0.15, 0.2) is 0 Å². The Kier molecular flexibility index (Phi) is 6.04. The Morgan fingerprint density at radius 1 is 0.957 bits per heavy atom. The van der Waals surface area contributed by atoms with Gasteiger partial charge in [0.2, 0.25) is 0 Å². The Balaban J connectivity index is 1.82. The van der Waals surface area contributed by atoms with Gasteiger partial charge in [0.25, 0.3) is 0 Å². The Morgan fingerprint density at radius 2 is 1.52 bits per heavy atom. The van der Waals surface area contributed by atoms with Crippen LogP contribution in [0, 0.1) is 23.5 Å². The fourth-order valence-electron chi connectivity index (χ4n) is 3.42. The average Bonchev–Trinajstić information content (AvgIpc) is 2.43. The molecule has 0 N–H and O–H groups in total. The van der Waals surface area contributed by atoms with E-state index in [1.54, 1.807) is 0 Å². The largest absolute Gasteiger partial charge is 0.422 e. The first kappa shape index (κ1) is 18.2. The number of hydrogen-bond donors (Lipinski definition) is 0. The molecular weight excluding hydrogens is 311 g/mol. The summed E-state index contributed by atoms with van der Waals surface area (Å²) in [6.07, 6.45) is 3.22. The van der Waals surface area contributed by atoms with Crippen LogP contribution in [0.3, 0.4) is 0 Å². The number of aryl methyl sites for hydroxylation is 1. The van der Waals surface area contributed by atoms with Gasteiger partial charge >= 0.3 is 6.18 Å². The molecule has 0 amide bonds. The number of rotatable bonds is 5. The summed E-state index contributed by atoms with van der Waals surface area (Å²) in [5.74, 6) is -1.50. The van der Waals surface area contributed by atoms with Crippen molar-refractivity contribution in [3.8, 4) is 0 Å². The maximum absolute atomic E-state index is 13.5. The lowest BCUT2D eigenvalue weighted by Crippen LogP contribution is -2.12. The van der Waals surface area contributed by atoms with Crippen molar-refractivity contribution < 1.29 is 22.0 Å². The molecule has 23 heavy (non-hydrogen) atoms. The van der Waals surface area contributed by atoms with Crippen LogP contribution in [0.2, 0.25) is 0 Å². The second kappa shape index (κ2) is 7.63. The fourth-order valence-corrected chi connectivity index (χ4v) is 3.42. The van der Waals surface area contributed by atoms with Crippen LogP contribution >= 0.6 is 0 Å². The van der Waals surface area contributed by atoms with Crippen molar-refractivity contribution in [2.24, 2.45) is 11.8 Å². The minimum Gasteiger partial charge on any atom is -0.206 e. The zero-order chi connectivity index (χ0) is 17.0. The molecule has 0 bridgehead atoms. The van der Waals surface area contributed by atoms with Gasteiger partial charge in [-0.3, -0.25) is 0 Å². The first-order valence-electron chi connectivity index (χ1n) is 8.32. The van der Waals surface area contributed by atoms with Crippen LogP contribution in [0.1, 0.15) is 63.0 Å². The maximum atomic E-state index is 13.5. The Hall–Kier alpha value is -1.13. The van der Waals surface area contributed by atoms with Crippen molar-refractivity contribution in [3.63, 3.8) is 0 Å². The number of alkyl halides is 3. The first-order valence-corrected chi connectivity index (χ1v) is 8.32. The van der Waals surface area contributed by atoms with Gasteiger partial charge in [-0.05, 0) is 42.4 Å². The van der Waals surface area contributed by atoms with Crippen molar-refractivity contribution in [2.45, 2.75) is 64.5 Å². The molecule has 1 saturated carbocycles. The van der Waals surface area contributed by atoms with Gasteiger partial charge in [0, 0.05) is 0 Å². The summed E-state index contributed by atoms with van der Waals surface area (Å²) >= 11 is 0. The van der Waals surface area contributed by atoms with Crippen LogP contribution in [0.15, 0.2) is 12.1 Å². The van der Waals surface area contributed by atoms with Crippen molar-refractivity contribution in [1.82, 2.24) is 0 Å². The molecule has 1 aromatic rings. The summed E-state index contributed by atoms with van der Waals surface area (Å²) in [6, 6.07) is 1.63. The van der Waals surface area contributed by atoms with Gasteiger partial charge in [-0.1, -0.05) is 45.4 Å². The molecule has 0 heterocycles. The number of benzene rings is 1. The van der Waals surface area contributed by atoms with E-state index < -0.39 is 23.4 Å². The predicted octanol–water partition coefficient (Wildman–Crippen LogP) is 6.52. The Bertz CT molecular complexity index is 490. The average molecular weight is 334 g/mol. The Morgan fingerprint density at radius 3 is 2.04 bits per heavy atom. The molecule has 0 unspecified atom stereocenters. The van der Waals surface area contributed by atoms with Crippen molar-refractivity contribution in [2.75, 3.05) is 0 Å². The van der Waals surface area contributed by atoms with E-state index in [1.165, 1.54) is 25.7 Å². The highest BCUT2D eigenvalue weighted by molar-refractivity contribution is 5.28. The number of hydrogen-bond acceptors (Lipinski definition) is 0. The van der Waals surface area contributed by atoms with Crippen LogP contribution < -0.4 is 0 Å². The van der Waals surface area contributed by atoms with Gasteiger partial charge in [0.05, 0.1) is 0 Å². The van der Waals surface area contributed by atoms with Crippen LogP contribution in [0.4, 0.5) is 22.0 Å². The molecule has 0 radical (unpaired) electrons. The zero-order valence-electron chi connectivity index (χ0n) is 13.4. The SMILES string of the molecule is CC1CCC(CCCCc2cc(F)c(C(F)(F)F)c(F)c2)CC1. The molecule has 130 valence electrons. The molecule has 1 aromatic carbocycles. The minimum atomic E-state index is -5.00. The van der Waals surface area contributed by atoms with Gasteiger partial charge in [0.1, 0.15) is 17.2 Å². The van der Waals surface area contributed by atoms with Crippen LogP contribution in [-0.4, -0.2) is 0 Å². The second-order valence-corrected chi connectivity index (χ2v) is 6.80. The highest BCUT2D eigenvalue weighted by atomic mass is 19.4. The molecule has 2 rings (SSSR count).